The summed E-state index contributed by atoms with van der Waals surface area (Å²) in [6, 6.07) is 15.6. The molecule has 1 amide bonds. The van der Waals surface area contributed by atoms with Crippen molar-refractivity contribution in [3.8, 4) is 11.5 Å². The number of ether oxygens (including phenoxy) is 2. The van der Waals surface area contributed by atoms with Crippen LogP contribution in [0.15, 0.2) is 64.5 Å². The molecule has 34 heavy (non-hydrogen) atoms. The third kappa shape index (κ3) is 6.01. The second-order valence-corrected chi connectivity index (χ2v) is 9.74. The van der Waals surface area contributed by atoms with Crippen LogP contribution >= 0.6 is 58.2 Å². The van der Waals surface area contributed by atoms with E-state index in [9.17, 15) is 4.79 Å². The van der Waals surface area contributed by atoms with Gasteiger partial charge in [0.15, 0.2) is 16.7 Å². The Labute approximate surface area is 220 Å². The molecule has 0 bridgehead atoms. The lowest BCUT2D eigenvalue weighted by molar-refractivity contribution is -0.115. The van der Waals surface area contributed by atoms with Gasteiger partial charge < -0.3 is 14.8 Å². The van der Waals surface area contributed by atoms with E-state index in [1.807, 2.05) is 0 Å². The predicted molar refractivity (Wildman–Crippen MR) is 141 cm³/mol. The maximum atomic E-state index is 12.4. The smallest absolute Gasteiger partial charge is 0.264 e. The Kier molecular flexibility index (Phi) is 7.96. The van der Waals surface area contributed by atoms with Crippen molar-refractivity contribution < 1.29 is 14.3 Å². The van der Waals surface area contributed by atoms with Gasteiger partial charge in [0.2, 0.25) is 0 Å². The number of rotatable bonds is 6. The van der Waals surface area contributed by atoms with Crippen molar-refractivity contribution in [2.24, 2.45) is 4.99 Å². The summed E-state index contributed by atoms with van der Waals surface area (Å²) in [5.74, 6) is 0.517. The number of halogens is 4. The molecule has 1 aliphatic heterocycles. The van der Waals surface area contributed by atoms with E-state index in [1.165, 1.54) is 18.9 Å². The molecule has 174 valence electrons. The number of nitrogens with zero attached hydrogens (tertiary/aromatic N) is 1. The Morgan fingerprint density at radius 1 is 1.00 bits per heavy atom. The van der Waals surface area contributed by atoms with Crippen molar-refractivity contribution in [1.29, 1.82) is 0 Å². The van der Waals surface area contributed by atoms with Gasteiger partial charge in [-0.1, -0.05) is 58.5 Å². The van der Waals surface area contributed by atoms with Gasteiger partial charge in [-0.05, 0) is 65.9 Å². The number of carbonyl (C=O) groups is 1. The van der Waals surface area contributed by atoms with Crippen LogP contribution in [0.3, 0.4) is 0 Å². The van der Waals surface area contributed by atoms with Gasteiger partial charge in [-0.25, -0.2) is 4.99 Å². The molecule has 0 aromatic heterocycles. The number of amides is 1. The number of aliphatic imine (C=N–C) groups is 1. The lowest BCUT2D eigenvalue weighted by Gasteiger charge is -2.14. The number of hydrogen-bond acceptors (Lipinski definition) is 5. The van der Waals surface area contributed by atoms with Crippen LogP contribution < -0.4 is 14.8 Å². The van der Waals surface area contributed by atoms with Gasteiger partial charge in [-0.2, -0.15) is 0 Å². The van der Waals surface area contributed by atoms with Crippen LogP contribution in [0.2, 0.25) is 20.1 Å². The van der Waals surface area contributed by atoms with Gasteiger partial charge in [0.1, 0.15) is 6.61 Å². The summed E-state index contributed by atoms with van der Waals surface area (Å²) in [5, 5.41) is 5.12. The highest BCUT2D eigenvalue weighted by molar-refractivity contribution is 8.18. The summed E-state index contributed by atoms with van der Waals surface area (Å²) in [4.78, 5) is 17.3. The van der Waals surface area contributed by atoms with E-state index < -0.39 is 0 Å². The van der Waals surface area contributed by atoms with Crippen LogP contribution in [0, 0.1) is 0 Å². The minimum Gasteiger partial charge on any atom is -0.493 e. The molecule has 5 nitrogen and oxygen atoms in total. The SMILES string of the molecule is COc1cc(/C=C2\SC(=Nc3cccc(Cl)c3)NC2=O)cc(Cl)c1OCc1ccc(Cl)cc1Cl. The molecule has 0 radical (unpaired) electrons. The second-order valence-electron chi connectivity index (χ2n) is 7.02. The Morgan fingerprint density at radius 3 is 2.53 bits per heavy atom. The zero-order valence-corrected chi connectivity index (χ0v) is 21.4. The molecule has 0 unspecified atom stereocenters. The molecule has 0 spiro atoms. The zero-order valence-electron chi connectivity index (χ0n) is 17.6. The normalized spacial score (nSPS) is 15.6. The van der Waals surface area contributed by atoms with E-state index in [-0.39, 0.29) is 12.5 Å². The molecule has 1 fully saturated rings. The average Bonchev–Trinajstić information content (AvgIpc) is 3.12. The predicted octanol–water partition coefficient (Wildman–Crippen LogP) is 7.78. The monoisotopic (exact) mass is 552 g/mol. The van der Waals surface area contributed by atoms with Gasteiger partial charge in [0.05, 0.1) is 22.7 Å². The molecule has 1 heterocycles. The third-order valence-corrected chi connectivity index (χ3v) is 6.64. The summed E-state index contributed by atoms with van der Waals surface area (Å²) < 4.78 is 11.4. The summed E-state index contributed by atoms with van der Waals surface area (Å²) in [5.41, 5.74) is 2.06. The van der Waals surface area contributed by atoms with Crippen LogP contribution in [0.1, 0.15) is 11.1 Å². The molecule has 1 N–H and O–H groups in total. The second kappa shape index (κ2) is 10.9. The lowest BCUT2D eigenvalue weighted by atomic mass is 10.1. The van der Waals surface area contributed by atoms with E-state index in [1.54, 1.807) is 60.7 Å². The van der Waals surface area contributed by atoms with Gasteiger partial charge in [0, 0.05) is 20.6 Å². The summed E-state index contributed by atoms with van der Waals surface area (Å²) in [6.07, 6.45) is 1.70. The molecule has 10 heteroatoms. The zero-order chi connectivity index (χ0) is 24.2. The topological polar surface area (TPSA) is 59.9 Å². The molecular formula is C24H16Cl4N2O3S. The van der Waals surface area contributed by atoms with Gasteiger partial charge in [-0.3, -0.25) is 4.79 Å². The third-order valence-electron chi connectivity index (χ3n) is 4.63. The number of benzene rings is 3. The molecule has 0 saturated carbocycles. The van der Waals surface area contributed by atoms with Crippen molar-refractivity contribution in [2.45, 2.75) is 6.61 Å². The van der Waals surface area contributed by atoms with Crippen molar-refractivity contribution in [2.75, 3.05) is 7.11 Å². The largest absolute Gasteiger partial charge is 0.493 e. The lowest BCUT2D eigenvalue weighted by Crippen LogP contribution is -2.19. The van der Waals surface area contributed by atoms with Crippen LogP contribution in [-0.4, -0.2) is 18.2 Å². The van der Waals surface area contributed by atoms with Crippen LogP contribution in [0.4, 0.5) is 5.69 Å². The number of thioether (sulfide) groups is 1. The van der Waals surface area contributed by atoms with Crippen LogP contribution in [-0.2, 0) is 11.4 Å². The van der Waals surface area contributed by atoms with E-state index in [2.05, 4.69) is 10.3 Å². The standard InChI is InChI=1S/C24H16Cl4N2O3S/c1-32-20-8-13(7-19(28)22(20)33-12-14-5-6-16(26)11-18(14)27)9-21-23(31)30-24(34-21)29-17-4-2-3-15(25)10-17/h2-11H,12H2,1H3,(H,29,30,31)/b21-9-. The van der Waals surface area contributed by atoms with E-state index in [0.29, 0.717) is 52.9 Å². The number of methoxy groups -OCH3 is 1. The molecule has 3 aromatic rings. The molecule has 0 atom stereocenters. The Balaban J connectivity index is 1.54. The number of nitrogens with one attached hydrogen (secondary N) is 1. The van der Waals surface area contributed by atoms with Gasteiger partial charge in [0.25, 0.3) is 5.91 Å². The minimum atomic E-state index is -0.265. The highest BCUT2D eigenvalue weighted by atomic mass is 35.5. The highest BCUT2D eigenvalue weighted by Crippen LogP contribution is 2.39. The first-order chi connectivity index (χ1) is 16.3. The summed E-state index contributed by atoms with van der Waals surface area (Å²) in [6.45, 7) is 0.175. The van der Waals surface area contributed by atoms with E-state index in [0.717, 1.165) is 5.56 Å². The number of carbonyl (C=O) groups excluding carboxylic acids is 1. The molecular weight excluding hydrogens is 538 g/mol. The first-order valence-electron chi connectivity index (χ1n) is 9.82. The molecule has 0 aliphatic carbocycles. The molecule has 1 aliphatic rings. The Bertz CT molecular complexity index is 1330. The fraction of sp³-hybridized carbons (Fsp3) is 0.0833. The van der Waals surface area contributed by atoms with Gasteiger partial charge in [-0.15, -0.1) is 0 Å². The molecule has 3 aromatic carbocycles. The number of amidine groups is 1. The Morgan fingerprint density at radius 2 is 1.79 bits per heavy atom. The summed E-state index contributed by atoms with van der Waals surface area (Å²) in [7, 11) is 1.51. The van der Waals surface area contributed by atoms with Crippen molar-refractivity contribution in [1.82, 2.24) is 5.32 Å². The molecule has 4 rings (SSSR count). The van der Waals surface area contributed by atoms with E-state index in [4.69, 9.17) is 55.9 Å². The number of hydrogen-bond donors (Lipinski definition) is 1. The summed E-state index contributed by atoms with van der Waals surface area (Å²) >= 11 is 25.9. The van der Waals surface area contributed by atoms with Crippen LogP contribution in [0.25, 0.3) is 6.08 Å². The van der Waals surface area contributed by atoms with E-state index >= 15 is 0 Å². The highest BCUT2D eigenvalue weighted by Gasteiger charge is 2.24. The van der Waals surface area contributed by atoms with Crippen molar-refractivity contribution >= 4 is 81.0 Å². The van der Waals surface area contributed by atoms with Crippen LogP contribution in [0.5, 0.6) is 11.5 Å². The quantitative estimate of drug-likeness (QED) is 0.316. The van der Waals surface area contributed by atoms with Gasteiger partial charge >= 0.3 is 0 Å². The Hall–Kier alpha value is -2.35. The maximum Gasteiger partial charge on any atom is 0.264 e. The first kappa shape index (κ1) is 24.8. The van der Waals surface area contributed by atoms with Crippen molar-refractivity contribution in [3.63, 3.8) is 0 Å². The minimum absolute atomic E-state index is 0.175. The fourth-order valence-corrected chi connectivity index (χ4v) is 4.81. The first-order valence-corrected chi connectivity index (χ1v) is 12.1. The molecule has 1 saturated heterocycles. The van der Waals surface area contributed by atoms with Crippen molar-refractivity contribution in [3.05, 3.63) is 90.7 Å². The fourth-order valence-electron chi connectivity index (χ4n) is 3.05. The average molecular weight is 554 g/mol. The maximum absolute atomic E-state index is 12.4.